The van der Waals surface area contributed by atoms with Crippen LogP contribution in [0.25, 0.3) is 64.0 Å². The molecule has 0 N–H and O–H groups in total. The van der Waals surface area contributed by atoms with E-state index in [2.05, 4.69) is 66.7 Å². The Balaban J connectivity index is 1.54. The van der Waals surface area contributed by atoms with Crippen LogP contribution >= 0.6 is 11.3 Å². The zero-order valence-corrected chi connectivity index (χ0v) is 18.4. The zero-order chi connectivity index (χ0) is 26.1. The average molecular weight is 442 g/mol. The molecule has 0 unspecified atom stereocenters. The first kappa shape index (κ1) is 14.3. The van der Waals surface area contributed by atoms with Crippen molar-refractivity contribution in [2.75, 3.05) is 0 Å². The van der Waals surface area contributed by atoms with Crippen molar-refractivity contribution in [3.8, 4) is 22.3 Å². The molecular weight excluding hydrogens is 416 g/mol. The fraction of sp³-hybridized carbons (Fsp3) is 0. The summed E-state index contributed by atoms with van der Waals surface area (Å²) in [6, 6.07) is 30.0. The summed E-state index contributed by atoms with van der Waals surface area (Å²) in [7, 11) is 0. The number of benzene rings is 6. The first-order valence-corrected chi connectivity index (χ1v) is 11.7. The molecule has 0 nitrogen and oxygen atoms in total. The number of hydrogen-bond acceptors (Lipinski definition) is 1. The third-order valence-corrected chi connectivity index (χ3v) is 7.52. The molecule has 1 heterocycles. The van der Waals surface area contributed by atoms with Gasteiger partial charge in [0.1, 0.15) is 0 Å². The van der Waals surface area contributed by atoms with Gasteiger partial charge in [0.2, 0.25) is 0 Å². The quantitative estimate of drug-likeness (QED) is 0.234. The Hall–Kier alpha value is -3.94. The number of hydrogen-bond donors (Lipinski definition) is 0. The van der Waals surface area contributed by atoms with Crippen molar-refractivity contribution in [2.24, 2.45) is 0 Å². The van der Waals surface area contributed by atoms with E-state index in [0.29, 0.717) is 5.56 Å². The minimum Gasteiger partial charge on any atom is -0.134 e. The third-order valence-electron chi connectivity index (χ3n) is 6.34. The Morgan fingerprint density at radius 1 is 0.485 bits per heavy atom. The van der Waals surface area contributed by atoms with Gasteiger partial charge in [-0.25, -0.2) is 0 Å². The topological polar surface area (TPSA) is 0 Å². The van der Waals surface area contributed by atoms with Gasteiger partial charge in [-0.1, -0.05) is 109 Å². The van der Waals surface area contributed by atoms with Crippen LogP contribution in [-0.2, 0) is 0 Å². The molecule has 0 radical (unpaired) electrons. The fourth-order valence-electron chi connectivity index (χ4n) is 4.81. The molecule has 0 spiro atoms. The normalized spacial score (nSPS) is 13.8. The van der Waals surface area contributed by atoms with E-state index in [0.717, 1.165) is 10.1 Å². The fourth-order valence-corrected chi connectivity index (χ4v) is 6.11. The molecule has 33 heavy (non-hydrogen) atoms. The van der Waals surface area contributed by atoms with Crippen LogP contribution in [-0.4, -0.2) is 0 Å². The van der Waals surface area contributed by atoms with Crippen LogP contribution in [0.5, 0.6) is 0 Å². The van der Waals surface area contributed by atoms with E-state index >= 15 is 0 Å². The molecule has 7 rings (SSSR count). The van der Waals surface area contributed by atoms with Crippen molar-refractivity contribution in [2.45, 2.75) is 0 Å². The Bertz CT molecular complexity index is 2050. The van der Waals surface area contributed by atoms with Gasteiger partial charge in [0.25, 0.3) is 0 Å². The van der Waals surface area contributed by atoms with Crippen molar-refractivity contribution in [1.29, 1.82) is 0 Å². The molecule has 0 fully saturated rings. The lowest BCUT2D eigenvalue weighted by atomic mass is 9.94. The highest BCUT2D eigenvalue weighted by atomic mass is 32.1. The molecule has 0 aliphatic carbocycles. The lowest BCUT2D eigenvalue weighted by molar-refractivity contribution is 1.65. The Labute approximate surface area is 203 Å². The summed E-state index contributed by atoms with van der Waals surface area (Å²) in [5, 5.41) is 7.06. The van der Waals surface area contributed by atoms with Crippen molar-refractivity contribution in [1.82, 2.24) is 0 Å². The molecule has 0 aliphatic rings. The van der Waals surface area contributed by atoms with Crippen LogP contribution < -0.4 is 0 Å². The highest BCUT2D eigenvalue weighted by Crippen LogP contribution is 2.45. The van der Waals surface area contributed by atoms with Gasteiger partial charge in [-0.05, 0) is 50.5 Å². The molecule has 0 saturated carbocycles. The summed E-state index contributed by atoms with van der Waals surface area (Å²) in [6.45, 7) is 0. The summed E-state index contributed by atoms with van der Waals surface area (Å²) in [5.41, 5.74) is 3.21. The molecule has 0 amide bonds. The molecular formula is C32H20S. The second-order valence-corrected chi connectivity index (χ2v) is 9.24. The second kappa shape index (κ2) is 7.30. The van der Waals surface area contributed by atoms with Crippen molar-refractivity contribution in [3.63, 3.8) is 0 Å². The predicted molar refractivity (Wildman–Crippen MR) is 145 cm³/mol. The van der Waals surface area contributed by atoms with Crippen molar-refractivity contribution < 1.29 is 6.85 Å². The van der Waals surface area contributed by atoms with Crippen LogP contribution in [0.4, 0.5) is 0 Å². The summed E-state index contributed by atoms with van der Waals surface area (Å²) >= 11 is 1.69. The standard InChI is InChI=1S/C32H20S/c1-3-9-21(10-4-1)23-15-17-27-29(19-23)25-13-7-8-14-26(25)31-28-18-16-24(20-30(28)33-32(27)31)22-11-5-2-6-12-22/h1-20H/i2D,5D,6D,11D,12D. The van der Waals surface area contributed by atoms with Gasteiger partial charge in [-0.3, -0.25) is 0 Å². The molecule has 6 aromatic carbocycles. The van der Waals surface area contributed by atoms with E-state index in [1.807, 2.05) is 24.3 Å². The van der Waals surface area contributed by atoms with Gasteiger partial charge in [-0.15, -0.1) is 11.3 Å². The van der Waals surface area contributed by atoms with E-state index in [9.17, 15) is 0 Å². The molecule has 0 atom stereocenters. The molecule has 0 saturated heterocycles. The monoisotopic (exact) mass is 441 g/mol. The molecule has 0 bridgehead atoms. The van der Waals surface area contributed by atoms with Crippen LogP contribution in [0, 0.1) is 0 Å². The average Bonchev–Trinajstić information content (AvgIpc) is 3.35. The molecule has 154 valence electrons. The summed E-state index contributed by atoms with van der Waals surface area (Å²) < 4.78 is 43.2. The smallest absolute Gasteiger partial charge is 0.0629 e. The molecule has 1 heteroatoms. The summed E-state index contributed by atoms with van der Waals surface area (Å²) in [4.78, 5) is 0. The lowest BCUT2D eigenvalue weighted by Crippen LogP contribution is -1.83. The van der Waals surface area contributed by atoms with Gasteiger partial charge < -0.3 is 0 Å². The van der Waals surface area contributed by atoms with E-state index in [-0.39, 0.29) is 35.8 Å². The van der Waals surface area contributed by atoms with Crippen LogP contribution in [0.2, 0.25) is 0 Å². The minimum absolute atomic E-state index is 0.180. The first-order valence-electron chi connectivity index (χ1n) is 13.4. The number of fused-ring (bicyclic) bond motifs is 8. The van der Waals surface area contributed by atoms with Crippen LogP contribution in [0.3, 0.4) is 0 Å². The molecule has 1 aromatic heterocycles. The predicted octanol–water partition coefficient (Wildman–Crippen LogP) is 9.69. The van der Waals surface area contributed by atoms with E-state index in [1.165, 1.54) is 42.8 Å². The second-order valence-electron chi connectivity index (χ2n) is 8.19. The van der Waals surface area contributed by atoms with Gasteiger partial charge in [0, 0.05) is 25.6 Å². The summed E-state index contributed by atoms with van der Waals surface area (Å²) in [6.07, 6.45) is 0. The van der Waals surface area contributed by atoms with Gasteiger partial charge in [0.05, 0.1) is 6.85 Å². The van der Waals surface area contributed by atoms with Crippen molar-refractivity contribution in [3.05, 3.63) is 121 Å². The highest BCUT2D eigenvalue weighted by molar-refractivity contribution is 7.27. The van der Waals surface area contributed by atoms with Gasteiger partial charge in [0.15, 0.2) is 0 Å². The van der Waals surface area contributed by atoms with E-state index in [1.54, 1.807) is 11.3 Å². The SMILES string of the molecule is [2H]c1c([2H])c([2H])c(-c2ccc3c(c2)sc2c4ccc(-c5ccccc5)cc4c4ccccc4c32)c([2H])c1[2H]. The highest BCUT2D eigenvalue weighted by Gasteiger charge is 2.15. The van der Waals surface area contributed by atoms with Gasteiger partial charge in [-0.2, -0.15) is 0 Å². The maximum Gasteiger partial charge on any atom is 0.0629 e. The zero-order valence-electron chi connectivity index (χ0n) is 22.6. The number of thiophene rings is 1. The largest absolute Gasteiger partial charge is 0.134 e. The molecule has 0 aliphatic heterocycles. The Morgan fingerprint density at radius 3 is 2.00 bits per heavy atom. The summed E-state index contributed by atoms with van der Waals surface area (Å²) in [5.74, 6) is 0. The van der Waals surface area contributed by atoms with E-state index < -0.39 is 0 Å². The first-order chi connectivity index (χ1) is 18.4. The van der Waals surface area contributed by atoms with Crippen LogP contribution in [0.1, 0.15) is 6.85 Å². The maximum atomic E-state index is 8.43. The Kier molecular flexibility index (Phi) is 3.15. The lowest BCUT2D eigenvalue weighted by Gasteiger charge is -2.10. The van der Waals surface area contributed by atoms with Crippen molar-refractivity contribution >= 4 is 53.1 Å². The van der Waals surface area contributed by atoms with E-state index in [4.69, 9.17) is 6.85 Å². The molecule has 7 aromatic rings. The maximum absolute atomic E-state index is 8.43. The van der Waals surface area contributed by atoms with Crippen LogP contribution in [0.15, 0.2) is 121 Å². The third kappa shape index (κ3) is 2.90. The minimum atomic E-state index is -0.375. The number of rotatable bonds is 2. The van der Waals surface area contributed by atoms with Gasteiger partial charge >= 0.3 is 0 Å². The Morgan fingerprint density at radius 2 is 1.18 bits per heavy atom.